The number of aryl methyl sites for hydroxylation is 1. The number of nitrogens with one attached hydrogen (secondary N) is 2. The van der Waals surface area contributed by atoms with Crippen LogP contribution >= 0.6 is 0 Å². The molecular weight excluding hydrogens is 380 g/mol. The van der Waals surface area contributed by atoms with Gasteiger partial charge in [-0.25, -0.2) is 4.98 Å². The molecule has 0 saturated heterocycles. The van der Waals surface area contributed by atoms with Gasteiger partial charge in [0.2, 0.25) is 5.91 Å². The number of hydrogen-bond acceptors (Lipinski definition) is 4. The van der Waals surface area contributed by atoms with E-state index in [4.69, 9.17) is 0 Å². The van der Waals surface area contributed by atoms with E-state index in [1.807, 2.05) is 59.2 Å². The Bertz CT molecular complexity index is 1180. The van der Waals surface area contributed by atoms with Crippen LogP contribution in [0.15, 0.2) is 67.0 Å². The van der Waals surface area contributed by atoms with Gasteiger partial charge in [-0.3, -0.25) is 14.3 Å². The summed E-state index contributed by atoms with van der Waals surface area (Å²) < 4.78 is 3.48. The fraction of sp³-hybridized carbons (Fsp3) is 0.182. The number of rotatable bonds is 7. The first-order valence-electron chi connectivity index (χ1n) is 9.66. The standard InChI is InChI=1S/C22H22N6O2/c1-27-20(25-21(29)13-16-7-3-2-4-8-16)14-18(26-27)22(30)23-11-12-28-15-24-17-9-5-6-10-19(17)28/h2-10,14-15H,11-13H2,1H3,(H,23,30)(H,25,29). The Balaban J connectivity index is 1.33. The van der Waals surface area contributed by atoms with E-state index in [0.717, 1.165) is 16.6 Å². The summed E-state index contributed by atoms with van der Waals surface area (Å²) in [6.07, 6.45) is 2.02. The van der Waals surface area contributed by atoms with Crippen molar-refractivity contribution in [2.24, 2.45) is 7.05 Å². The zero-order valence-electron chi connectivity index (χ0n) is 16.6. The number of benzene rings is 2. The van der Waals surface area contributed by atoms with Gasteiger partial charge in [0.15, 0.2) is 5.69 Å². The number of hydrogen-bond donors (Lipinski definition) is 2. The van der Waals surface area contributed by atoms with E-state index in [1.165, 1.54) is 4.68 Å². The van der Waals surface area contributed by atoms with Crippen LogP contribution in [0.4, 0.5) is 5.82 Å². The third-order valence-electron chi connectivity index (χ3n) is 4.75. The molecule has 2 aromatic heterocycles. The molecule has 30 heavy (non-hydrogen) atoms. The maximum Gasteiger partial charge on any atom is 0.271 e. The van der Waals surface area contributed by atoms with Crippen molar-refractivity contribution in [2.75, 3.05) is 11.9 Å². The molecule has 2 N–H and O–H groups in total. The van der Waals surface area contributed by atoms with Crippen molar-refractivity contribution in [1.82, 2.24) is 24.6 Å². The second-order valence-corrected chi connectivity index (χ2v) is 6.93. The van der Waals surface area contributed by atoms with Crippen LogP contribution in [0.1, 0.15) is 16.1 Å². The summed E-state index contributed by atoms with van der Waals surface area (Å²) >= 11 is 0. The molecule has 0 bridgehead atoms. The third kappa shape index (κ3) is 4.38. The summed E-state index contributed by atoms with van der Waals surface area (Å²) in [6, 6.07) is 18.9. The molecule has 4 rings (SSSR count). The smallest absolute Gasteiger partial charge is 0.271 e. The summed E-state index contributed by atoms with van der Waals surface area (Å²) in [5.74, 6) is 0.0170. The van der Waals surface area contributed by atoms with Crippen molar-refractivity contribution in [2.45, 2.75) is 13.0 Å². The average Bonchev–Trinajstić information content (AvgIpc) is 3.32. The number of anilines is 1. The molecule has 4 aromatic rings. The molecule has 2 aromatic carbocycles. The molecule has 8 heteroatoms. The second-order valence-electron chi connectivity index (χ2n) is 6.93. The van der Waals surface area contributed by atoms with Gasteiger partial charge in [-0.1, -0.05) is 42.5 Å². The molecule has 152 valence electrons. The van der Waals surface area contributed by atoms with Crippen molar-refractivity contribution >= 4 is 28.7 Å². The lowest BCUT2D eigenvalue weighted by atomic mass is 10.1. The van der Waals surface area contributed by atoms with Gasteiger partial charge in [0.05, 0.1) is 23.8 Å². The molecule has 0 aliphatic heterocycles. The molecule has 0 radical (unpaired) electrons. The van der Waals surface area contributed by atoms with Crippen LogP contribution < -0.4 is 10.6 Å². The van der Waals surface area contributed by atoms with E-state index in [0.29, 0.717) is 18.9 Å². The van der Waals surface area contributed by atoms with Crippen LogP contribution in [0.3, 0.4) is 0 Å². The summed E-state index contributed by atoms with van der Waals surface area (Å²) in [5, 5.41) is 9.87. The molecule has 0 fully saturated rings. The van der Waals surface area contributed by atoms with E-state index in [-0.39, 0.29) is 23.9 Å². The number of carbonyl (C=O) groups excluding carboxylic acids is 2. The van der Waals surface area contributed by atoms with E-state index in [1.54, 1.807) is 19.4 Å². The Morgan fingerprint density at radius 1 is 1.03 bits per heavy atom. The van der Waals surface area contributed by atoms with Gasteiger partial charge in [0, 0.05) is 26.2 Å². The van der Waals surface area contributed by atoms with Crippen LogP contribution in [0.5, 0.6) is 0 Å². The SMILES string of the molecule is Cn1nc(C(=O)NCCn2cnc3ccccc32)cc1NC(=O)Cc1ccccc1. The molecule has 0 unspecified atom stereocenters. The highest BCUT2D eigenvalue weighted by Gasteiger charge is 2.14. The maximum absolute atomic E-state index is 12.5. The number of carbonyl (C=O) groups is 2. The van der Waals surface area contributed by atoms with Gasteiger partial charge in [-0.2, -0.15) is 5.10 Å². The molecule has 2 amide bonds. The van der Waals surface area contributed by atoms with Gasteiger partial charge in [-0.05, 0) is 17.7 Å². The summed E-state index contributed by atoms with van der Waals surface area (Å²) in [5.41, 5.74) is 3.11. The Morgan fingerprint density at radius 3 is 2.63 bits per heavy atom. The molecule has 2 heterocycles. The van der Waals surface area contributed by atoms with Crippen LogP contribution in [-0.2, 0) is 24.8 Å². The summed E-state index contributed by atoms with van der Waals surface area (Å²) in [7, 11) is 1.69. The molecule has 0 aliphatic carbocycles. The number of para-hydroxylation sites is 2. The largest absolute Gasteiger partial charge is 0.349 e. The van der Waals surface area contributed by atoms with Crippen molar-refractivity contribution in [3.8, 4) is 0 Å². The monoisotopic (exact) mass is 402 g/mol. The lowest BCUT2D eigenvalue weighted by molar-refractivity contribution is -0.115. The van der Waals surface area contributed by atoms with Crippen molar-refractivity contribution in [3.63, 3.8) is 0 Å². The molecule has 0 spiro atoms. The molecule has 8 nitrogen and oxygen atoms in total. The van der Waals surface area contributed by atoms with E-state index < -0.39 is 0 Å². The summed E-state index contributed by atoms with van der Waals surface area (Å²) in [6.45, 7) is 1.03. The van der Waals surface area contributed by atoms with Gasteiger partial charge in [0.25, 0.3) is 5.91 Å². The second kappa shape index (κ2) is 8.60. The van der Waals surface area contributed by atoms with Gasteiger partial charge in [-0.15, -0.1) is 0 Å². The van der Waals surface area contributed by atoms with Crippen LogP contribution in [0.25, 0.3) is 11.0 Å². The predicted molar refractivity (Wildman–Crippen MR) is 114 cm³/mol. The fourth-order valence-corrected chi connectivity index (χ4v) is 3.23. The molecule has 0 aliphatic rings. The summed E-state index contributed by atoms with van der Waals surface area (Å²) in [4.78, 5) is 29.1. The molecular formula is C22H22N6O2. The van der Waals surface area contributed by atoms with E-state index in [2.05, 4.69) is 20.7 Å². The third-order valence-corrected chi connectivity index (χ3v) is 4.75. The predicted octanol–water partition coefficient (Wildman–Crippen LogP) is 2.38. The first kappa shape index (κ1) is 19.4. The van der Waals surface area contributed by atoms with Gasteiger partial charge < -0.3 is 15.2 Å². The number of imidazole rings is 1. The van der Waals surface area contributed by atoms with Gasteiger partial charge in [0.1, 0.15) is 5.82 Å². The minimum absolute atomic E-state index is 0.164. The minimum atomic E-state index is -0.293. The lowest BCUT2D eigenvalue weighted by Crippen LogP contribution is -2.27. The lowest BCUT2D eigenvalue weighted by Gasteiger charge is -2.05. The van der Waals surface area contributed by atoms with Crippen LogP contribution in [0.2, 0.25) is 0 Å². The highest BCUT2D eigenvalue weighted by molar-refractivity contribution is 5.96. The number of nitrogens with zero attached hydrogens (tertiary/aromatic N) is 4. The zero-order chi connectivity index (χ0) is 20.9. The van der Waals surface area contributed by atoms with Crippen molar-refractivity contribution in [1.29, 1.82) is 0 Å². The Morgan fingerprint density at radius 2 is 1.80 bits per heavy atom. The first-order chi connectivity index (χ1) is 14.6. The molecule has 0 atom stereocenters. The Hall–Kier alpha value is -3.94. The van der Waals surface area contributed by atoms with E-state index >= 15 is 0 Å². The zero-order valence-corrected chi connectivity index (χ0v) is 16.6. The van der Waals surface area contributed by atoms with Crippen molar-refractivity contribution in [3.05, 3.63) is 78.2 Å². The molecule has 0 saturated carbocycles. The quantitative estimate of drug-likeness (QED) is 0.496. The topological polar surface area (TPSA) is 93.8 Å². The number of fused-ring (bicyclic) bond motifs is 1. The normalized spacial score (nSPS) is 10.8. The Kier molecular flexibility index (Phi) is 5.56. The fourth-order valence-electron chi connectivity index (χ4n) is 3.23. The van der Waals surface area contributed by atoms with Crippen molar-refractivity contribution < 1.29 is 9.59 Å². The Labute approximate surface area is 173 Å². The number of amides is 2. The van der Waals surface area contributed by atoms with Gasteiger partial charge >= 0.3 is 0 Å². The average molecular weight is 402 g/mol. The van der Waals surface area contributed by atoms with Crippen LogP contribution in [0, 0.1) is 0 Å². The van der Waals surface area contributed by atoms with E-state index in [9.17, 15) is 9.59 Å². The highest BCUT2D eigenvalue weighted by Crippen LogP contribution is 2.12. The number of aromatic nitrogens is 4. The van der Waals surface area contributed by atoms with Crippen LogP contribution in [-0.4, -0.2) is 37.7 Å². The maximum atomic E-state index is 12.5. The minimum Gasteiger partial charge on any atom is -0.349 e. The first-order valence-corrected chi connectivity index (χ1v) is 9.66. The highest BCUT2D eigenvalue weighted by atomic mass is 16.2.